The fraction of sp³-hybridized carbons (Fsp3) is 0.263. The van der Waals surface area contributed by atoms with Crippen molar-refractivity contribution in [3.63, 3.8) is 0 Å². The lowest BCUT2D eigenvalue weighted by atomic mass is 10.2. The molecule has 2 aromatic rings. The van der Waals surface area contributed by atoms with Crippen molar-refractivity contribution in [2.24, 2.45) is 11.6 Å². The highest BCUT2D eigenvalue weighted by Crippen LogP contribution is 2.39. The molecule has 0 spiro atoms. The zero-order valence-corrected chi connectivity index (χ0v) is 15.5. The Kier molecular flexibility index (Phi) is 6.78. The van der Waals surface area contributed by atoms with Gasteiger partial charge in [0.25, 0.3) is 5.91 Å². The molecule has 0 radical (unpaired) electrons. The Morgan fingerprint density at radius 2 is 2.08 bits per heavy atom. The second-order valence-electron chi connectivity index (χ2n) is 6.10. The average Bonchev–Trinajstić information content (AvgIpc) is 3.26. The number of benzene rings is 1. The van der Waals surface area contributed by atoms with Crippen LogP contribution in [0.3, 0.4) is 0 Å². The minimum Gasteiger partial charge on any atom is -0.399 e. The Balaban J connectivity index is 0.000000290. The fourth-order valence-corrected chi connectivity index (χ4v) is 2.74. The first-order valence-corrected chi connectivity index (χ1v) is 9.14. The number of nitrogens with two attached hydrogens (primary N) is 2. The molecule has 26 heavy (non-hydrogen) atoms. The first kappa shape index (κ1) is 19.5. The monoisotopic (exact) mass is 369 g/mol. The second kappa shape index (κ2) is 9.04. The molecule has 1 aromatic carbocycles. The minimum absolute atomic E-state index is 0.178. The van der Waals surface area contributed by atoms with E-state index in [1.165, 1.54) is 28.1 Å². The second-order valence-corrected chi connectivity index (χ2v) is 6.88. The van der Waals surface area contributed by atoms with Gasteiger partial charge in [-0.2, -0.15) is 16.6 Å². The summed E-state index contributed by atoms with van der Waals surface area (Å²) in [6.45, 7) is 2.28. The Bertz CT molecular complexity index is 776. The van der Waals surface area contributed by atoms with Gasteiger partial charge >= 0.3 is 0 Å². The molecular weight excluding hydrogens is 346 g/mol. The van der Waals surface area contributed by atoms with Gasteiger partial charge in [0.1, 0.15) is 5.54 Å². The van der Waals surface area contributed by atoms with Crippen LogP contribution in [0.15, 0.2) is 59.1 Å². The van der Waals surface area contributed by atoms with Crippen molar-refractivity contribution in [3.05, 3.63) is 70.2 Å². The number of amides is 1. The molecule has 0 atom stereocenters. The third-order valence-electron chi connectivity index (χ3n) is 3.91. The van der Waals surface area contributed by atoms with E-state index in [0.29, 0.717) is 11.3 Å². The highest BCUT2D eigenvalue weighted by atomic mass is 32.1. The molecule has 1 heterocycles. The third kappa shape index (κ3) is 5.62. The minimum atomic E-state index is -0.609. The van der Waals surface area contributed by atoms with Crippen LogP contribution in [0.25, 0.3) is 0 Å². The van der Waals surface area contributed by atoms with Gasteiger partial charge in [-0.3, -0.25) is 9.80 Å². The quantitative estimate of drug-likeness (QED) is 0.554. The lowest BCUT2D eigenvalue weighted by molar-refractivity contribution is 0.0957. The van der Waals surface area contributed by atoms with E-state index >= 15 is 0 Å². The predicted octanol–water partition coefficient (Wildman–Crippen LogP) is 2.50. The molecule has 136 valence electrons. The number of rotatable bonds is 5. The summed E-state index contributed by atoms with van der Waals surface area (Å²) in [5, 5.41) is 16.6. The number of thiophene rings is 1. The molecule has 0 aliphatic heterocycles. The maximum Gasteiger partial charge on any atom is 0.252 e. The van der Waals surface area contributed by atoms with Crippen molar-refractivity contribution in [1.29, 1.82) is 5.26 Å². The zero-order valence-electron chi connectivity index (χ0n) is 14.7. The van der Waals surface area contributed by atoms with Crippen molar-refractivity contribution < 1.29 is 4.79 Å². The fourth-order valence-electron chi connectivity index (χ4n) is 2.11. The molecule has 0 unspecified atom stereocenters. The maximum absolute atomic E-state index is 11.7. The molecule has 1 amide bonds. The van der Waals surface area contributed by atoms with Crippen LogP contribution in [-0.2, 0) is 0 Å². The van der Waals surface area contributed by atoms with Crippen molar-refractivity contribution >= 4 is 17.2 Å². The van der Waals surface area contributed by atoms with Gasteiger partial charge < -0.3 is 11.1 Å². The van der Waals surface area contributed by atoms with Gasteiger partial charge in [-0.1, -0.05) is 35.9 Å². The number of hydrazine groups is 1. The standard InChI is InChI=1S/C12H15N5OS.C7H8/c13-8-12(2-3-12)17(15)6-10(14)5-16-11(18)9-1-4-19-7-9;1-7-5-3-2-4-6-7/h1,4,6-7H,2-3,5,14-15H2,(H,16,18);2-6H,1H3/b10-6-;. The molecule has 1 aliphatic rings. The van der Waals surface area contributed by atoms with Crippen LogP contribution >= 0.6 is 11.3 Å². The largest absolute Gasteiger partial charge is 0.399 e. The Hall–Kier alpha value is -2.82. The van der Waals surface area contributed by atoms with Crippen LogP contribution in [0, 0.1) is 18.3 Å². The van der Waals surface area contributed by atoms with Gasteiger partial charge in [-0.15, -0.1) is 0 Å². The number of nitriles is 1. The van der Waals surface area contributed by atoms with E-state index in [1.807, 2.05) is 23.6 Å². The summed E-state index contributed by atoms with van der Waals surface area (Å²) >= 11 is 1.46. The number of carbonyl (C=O) groups excluding carboxylic acids is 1. The van der Waals surface area contributed by atoms with E-state index in [2.05, 4.69) is 30.4 Å². The molecule has 0 saturated heterocycles. The Morgan fingerprint density at radius 1 is 1.38 bits per heavy atom. The van der Waals surface area contributed by atoms with E-state index in [1.54, 1.807) is 11.4 Å². The molecule has 1 fully saturated rings. The Labute approximate surface area is 157 Å². The lowest BCUT2D eigenvalue weighted by Crippen LogP contribution is -2.39. The van der Waals surface area contributed by atoms with Crippen molar-refractivity contribution in [3.8, 4) is 6.07 Å². The van der Waals surface area contributed by atoms with Crippen LogP contribution in [0.5, 0.6) is 0 Å². The number of nitrogens with one attached hydrogen (secondary N) is 1. The third-order valence-corrected chi connectivity index (χ3v) is 4.59. The van der Waals surface area contributed by atoms with Crippen molar-refractivity contribution in [2.75, 3.05) is 6.54 Å². The molecule has 6 nitrogen and oxygen atoms in total. The predicted molar refractivity (Wildman–Crippen MR) is 104 cm³/mol. The van der Waals surface area contributed by atoms with E-state index in [0.717, 1.165) is 12.8 Å². The lowest BCUT2D eigenvalue weighted by Gasteiger charge is -2.20. The average molecular weight is 369 g/mol. The summed E-state index contributed by atoms with van der Waals surface area (Å²) in [5.74, 6) is 5.59. The molecule has 1 aromatic heterocycles. The van der Waals surface area contributed by atoms with Gasteiger partial charge in [-0.25, -0.2) is 5.84 Å². The summed E-state index contributed by atoms with van der Waals surface area (Å²) in [6, 6.07) is 14.2. The van der Waals surface area contributed by atoms with E-state index in [-0.39, 0.29) is 12.5 Å². The molecule has 1 aliphatic carbocycles. The van der Waals surface area contributed by atoms with E-state index in [4.69, 9.17) is 16.8 Å². The molecular formula is C19H23N5OS. The molecule has 7 heteroatoms. The summed E-state index contributed by atoms with van der Waals surface area (Å²) in [5.41, 5.74) is 7.51. The number of aryl methyl sites for hydroxylation is 1. The maximum atomic E-state index is 11.7. The van der Waals surface area contributed by atoms with Gasteiger partial charge in [0.15, 0.2) is 0 Å². The summed E-state index contributed by atoms with van der Waals surface area (Å²) in [7, 11) is 0. The first-order valence-electron chi connectivity index (χ1n) is 8.20. The summed E-state index contributed by atoms with van der Waals surface area (Å²) in [4.78, 5) is 11.7. The Morgan fingerprint density at radius 3 is 2.54 bits per heavy atom. The first-order chi connectivity index (χ1) is 12.5. The smallest absolute Gasteiger partial charge is 0.252 e. The molecule has 1 saturated carbocycles. The van der Waals surface area contributed by atoms with Crippen molar-refractivity contribution in [1.82, 2.24) is 10.3 Å². The number of nitrogens with zero attached hydrogens (tertiary/aromatic N) is 2. The molecule has 3 rings (SSSR count). The molecule has 5 N–H and O–H groups in total. The number of hydrogen-bond acceptors (Lipinski definition) is 6. The molecule has 0 bridgehead atoms. The van der Waals surface area contributed by atoms with E-state index in [9.17, 15) is 4.79 Å². The van der Waals surface area contributed by atoms with Crippen LogP contribution in [0.1, 0.15) is 28.8 Å². The van der Waals surface area contributed by atoms with Gasteiger partial charge in [0.05, 0.1) is 12.6 Å². The van der Waals surface area contributed by atoms with Gasteiger partial charge in [-0.05, 0) is 31.2 Å². The topological polar surface area (TPSA) is 108 Å². The normalized spacial score (nSPS) is 14.4. The SMILES string of the molecule is Cc1ccccc1.N#CC1(N(N)/C=C(\N)CNC(=O)c2ccsc2)CC1. The highest BCUT2D eigenvalue weighted by molar-refractivity contribution is 7.08. The van der Waals surface area contributed by atoms with Gasteiger partial charge in [0.2, 0.25) is 0 Å². The van der Waals surface area contributed by atoms with Gasteiger partial charge in [0, 0.05) is 22.8 Å². The zero-order chi connectivity index (χ0) is 19.0. The highest BCUT2D eigenvalue weighted by Gasteiger charge is 2.47. The van der Waals surface area contributed by atoms with Crippen molar-refractivity contribution in [2.45, 2.75) is 25.3 Å². The van der Waals surface area contributed by atoms with Crippen LogP contribution in [-0.4, -0.2) is 23.0 Å². The van der Waals surface area contributed by atoms with E-state index < -0.39 is 5.54 Å². The van der Waals surface area contributed by atoms with Crippen LogP contribution in [0.2, 0.25) is 0 Å². The number of carbonyl (C=O) groups is 1. The van der Waals surface area contributed by atoms with Crippen LogP contribution < -0.4 is 16.9 Å². The summed E-state index contributed by atoms with van der Waals surface area (Å²) in [6.07, 6.45) is 2.99. The number of hydrogen-bond donors (Lipinski definition) is 3. The summed E-state index contributed by atoms with van der Waals surface area (Å²) < 4.78 is 0. The van der Waals surface area contributed by atoms with Crippen LogP contribution in [0.4, 0.5) is 0 Å².